The molecule has 21 heavy (non-hydrogen) atoms. The topological polar surface area (TPSA) is 68.1 Å². The zero-order valence-corrected chi connectivity index (χ0v) is 14.5. The summed E-state index contributed by atoms with van der Waals surface area (Å²) < 4.78 is 7.17. The van der Waals surface area contributed by atoms with Gasteiger partial charge in [-0.15, -0.1) is 24.0 Å². The van der Waals surface area contributed by atoms with Crippen molar-refractivity contribution in [3.63, 3.8) is 0 Å². The second-order valence-electron chi connectivity index (χ2n) is 4.62. The van der Waals surface area contributed by atoms with Crippen molar-refractivity contribution >= 4 is 47.2 Å². The Bertz CT molecular complexity index is 639. The molecule has 2 N–H and O–H groups in total. The number of aromatic nitrogens is 2. The highest BCUT2D eigenvalue weighted by atomic mass is 127. The van der Waals surface area contributed by atoms with Gasteiger partial charge in [-0.25, -0.2) is 9.98 Å². The predicted molar refractivity (Wildman–Crippen MR) is 93.3 cm³/mol. The van der Waals surface area contributed by atoms with Crippen LogP contribution in [0.3, 0.4) is 0 Å². The van der Waals surface area contributed by atoms with E-state index in [0.717, 1.165) is 24.4 Å². The second kappa shape index (κ2) is 7.28. The van der Waals surface area contributed by atoms with E-state index in [1.807, 2.05) is 33.8 Å². The van der Waals surface area contributed by atoms with Crippen LogP contribution in [0.5, 0.6) is 0 Å². The van der Waals surface area contributed by atoms with E-state index < -0.39 is 0 Å². The van der Waals surface area contributed by atoms with Crippen molar-refractivity contribution in [3.05, 3.63) is 35.2 Å². The van der Waals surface area contributed by atoms with Crippen molar-refractivity contribution in [2.45, 2.75) is 6.54 Å². The summed E-state index contributed by atoms with van der Waals surface area (Å²) in [6.45, 7) is 3.43. The van der Waals surface area contributed by atoms with Crippen LogP contribution in [0.4, 0.5) is 0 Å². The van der Waals surface area contributed by atoms with Crippen LogP contribution in [-0.4, -0.2) is 46.5 Å². The lowest BCUT2D eigenvalue weighted by atomic mass is 10.4. The minimum Gasteiger partial charge on any atom is -0.378 e. The Morgan fingerprint density at radius 2 is 2.10 bits per heavy atom. The molecule has 0 radical (unpaired) electrons. The van der Waals surface area contributed by atoms with E-state index in [1.54, 1.807) is 0 Å². The lowest BCUT2D eigenvalue weighted by Crippen LogP contribution is -2.44. The number of morpholine rings is 1. The molecule has 3 heterocycles. The van der Waals surface area contributed by atoms with Crippen molar-refractivity contribution in [1.82, 2.24) is 14.3 Å². The van der Waals surface area contributed by atoms with E-state index in [-0.39, 0.29) is 24.0 Å². The maximum absolute atomic E-state index is 5.98. The Balaban J connectivity index is 0.00000161. The third kappa shape index (κ3) is 3.98. The number of fused-ring (bicyclic) bond motifs is 1. The highest BCUT2D eigenvalue weighted by molar-refractivity contribution is 14.0. The van der Waals surface area contributed by atoms with E-state index in [9.17, 15) is 0 Å². The number of aliphatic imine (C=N–C) groups is 1. The minimum absolute atomic E-state index is 0. The third-order valence-electron chi connectivity index (χ3n) is 3.20. The molecular weight excluding hydrogens is 405 g/mol. The summed E-state index contributed by atoms with van der Waals surface area (Å²) in [4.78, 5) is 10.9. The number of nitrogens with zero attached hydrogens (tertiary/aromatic N) is 4. The smallest absolute Gasteiger partial charge is 0.191 e. The van der Waals surface area contributed by atoms with Crippen LogP contribution < -0.4 is 5.73 Å². The molecule has 0 spiro atoms. The Hall–Kier alpha value is -1.06. The Morgan fingerprint density at radius 1 is 1.33 bits per heavy atom. The molecule has 3 rings (SSSR count). The maximum atomic E-state index is 5.98. The zero-order chi connectivity index (χ0) is 13.9. The average Bonchev–Trinajstić information content (AvgIpc) is 2.87. The van der Waals surface area contributed by atoms with Gasteiger partial charge in [-0.2, -0.15) is 0 Å². The fraction of sp³-hybridized carbons (Fsp3) is 0.385. The predicted octanol–water partition coefficient (Wildman–Crippen LogP) is 1.75. The maximum Gasteiger partial charge on any atom is 0.191 e. The van der Waals surface area contributed by atoms with Gasteiger partial charge in [-0.1, -0.05) is 11.6 Å². The molecule has 2 aromatic heterocycles. The summed E-state index contributed by atoms with van der Waals surface area (Å²) in [6, 6.07) is 3.69. The molecule has 0 aromatic carbocycles. The van der Waals surface area contributed by atoms with Gasteiger partial charge in [0.2, 0.25) is 0 Å². The average molecular weight is 422 g/mol. The molecule has 1 fully saturated rings. The first kappa shape index (κ1) is 16.3. The van der Waals surface area contributed by atoms with E-state index in [1.165, 1.54) is 0 Å². The number of hydrogen-bond donors (Lipinski definition) is 1. The summed E-state index contributed by atoms with van der Waals surface area (Å²) in [6.07, 6.45) is 3.74. The van der Waals surface area contributed by atoms with E-state index in [4.69, 9.17) is 22.1 Å². The number of rotatable bonds is 2. The van der Waals surface area contributed by atoms with Gasteiger partial charge in [0.15, 0.2) is 5.96 Å². The summed E-state index contributed by atoms with van der Waals surface area (Å²) in [5.41, 5.74) is 7.70. The molecule has 0 unspecified atom stereocenters. The quantitative estimate of drug-likeness (QED) is 0.456. The van der Waals surface area contributed by atoms with Crippen molar-refractivity contribution in [2.75, 3.05) is 26.3 Å². The van der Waals surface area contributed by atoms with Crippen LogP contribution in [0, 0.1) is 0 Å². The minimum atomic E-state index is 0. The number of halogens is 2. The van der Waals surface area contributed by atoms with E-state index in [0.29, 0.717) is 30.7 Å². The molecule has 0 amide bonds. The van der Waals surface area contributed by atoms with Gasteiger partial charge >= 0.3 is 0 Å². The fourth-order valence-corrected chi connectivity index (χ4v) is 2.32. The number of pyridine rings is 1. The van der Waals surface area contributed by atoms with Gasteiger partial charge in [-0.05, 0) is 12.1 Å². The number of nitrogens with two attached hydrogens (primary N) is 1. The summed E-state index contributed by atoms with van der Waals surface area (Å²) in [5, 5.41) is 0.679. The van der Waals surface area contributed by atoms with E-state index >= 15 is 0 Å². The Kier molecular flexibility index (Phi) is 5.65. The van der Waals surface area contributed by atoms with Gasteiger partial charge < -0.3 is 19.8 Å². The van der Waals surface area contributed by atoms with Gasteiger partial charge in [0, 0.05) is 25.5 Å². The SMILES string of the molecule is I.NC(=NCc1cn2cc(Cl)ccc2n1)N1CCOCC1. The fourth-order valence-electron chi connectivity index (χ4n) is 2.15. The van der Waals surface area contributed by atoms with Crippen LogP contribution in [0.25, 0.3) is 5.65 Å². The molecule has 1 saturated heterocycles. The molecule has 0 atom stereocenters. The number of ether oxygens (including phenoxy) is 1. The highest BCUT2D eigenvalue weighted by Crippen LogP contribution is 2.12. The normalized spacial score (nSPS) is 16.0. The van der Waals surface area contributed by atoms with Gasteiger partial charge in [0.1, 0.15) is 5.65 Å². The van der Waals surface area contributed by atoms with Crippen molar-refractivity contribution < 1.29 is 4.74 Å². The molecule has 0 bridgehead atoms. The van der Waals surface area contributed by atoms with Crippen LogP contribution in [0.15, 0.2) is 29.5 Å². The summed E-state index contributed by atoms with van der Waals surface area (Å²) in [5.74, 6) is 0.545. The van der Waals surface area contributed by atoms with Crippen molar-refractivity contribution in [2.24, 2.45) is 10.7 Å². The molecule has 6 nitrogen and oxygen atoms in total. The second-order valence-corrected chi connectivity index (χ2v) is 5.06. The van der Waals surface area contributed by atoms with Gasteiger partial charge in [0.05, 0.1) is 30.5 Å². The van der Waals surface area contributed by atoms with E-state index in [2.05, 4.69) is 9.98 Å². The number of hydrogen-bond acceptors (Lipinski definition) is 3. The molecule has 0 saturated carbocycles. The molecule has 1 aliphatic rings. The Morgan fingerprint density at radius 3 is 2.86 bits per heavy atom. The van der Waals surface area contributed by atoms with Gasteiger partial charge in [-0.3, -0.25) is 0 Å². The molecule has 114 valence electrons. The summed E-state index contributed by atoms with van der Waals surface area (Å²) >= 11 is 5.94. The first-order valence-corrected chi connectivity index (χ1v) is 6.86. The van der Waals surface area contributed by atoms with Crippen LogP contribution in [0.1, 0.15) is 5.69 Å². The molecule has 2 aromatic rings. The highest BCUT2D eigenvalue weighted by Gasteiger charge is 2.12. The zero-order valence-electron chi connectivity index (χ0n) is 11.4. The summed E-state index contributed by atoms with van der Waals surface area (Å²) in [7, 11) is 0. The third-order valence-corrected chi connectivity index (χ3v) is 3.43. The number of imidazole rings is 1. The standard InChI is InChI=1S/C13H16ClN5O.HI/c14-10-1-2-12-17-11(9-19(12)8-10)7-16-13(15)18-3-5-20-6-4-18;/h1-2,8-9H,3-7H2,(H2,15,16);1H. The first-order chi connectivity index (χ1) is 9.72. The Labute approximate surface area is 145 Å². The van der Waals surface area contributed by atoms with Crippen molar-refractivity contribution in [3.8, 4) is 0 Å². The lowest BCUT2D eigenvalue weighted by molar-refractivity contribution is 0.0674. The lowest BCUT2D eigenvalue weighted by Gasteiger charge is -2.27. The molecule has 8 heteroatoms. The molecule has 1 aliphatic heterocycles. The molecular formula is C13H17ClIN5O. The first-order valence-electron chi connectivity index (χ1n) is 6.48. The van der Waals surface area contributed by atoms with Crippen LogP contribution in [0.2, 0.25) is 5.02 Å². The molecule has 0 aliphatic carbocycles. The van der Waals surface area contributed by atoms with Crippen LogP contribution >= 0.6 is 35.6 Å². The monoisotopic (exact) mass is 421 g/mol. The van der Waals surface area contributed by atoms with Crippen LogP contribution in [-0.2, 0) is 11.3 Å². The van der Waals surface area contributed by atoms with Crippen molar-refractivity contribution in [1.29, 1.82) is 0 Å². The van der Waals surface area contributed by atoms with Gasteiger partial charge in [0.25, 0.3) is 0 Å². The largest absolute Gasteiger partial charge is 0.378 e. The number of guanidine groups is 1.